The molecule has 27 heavy (non-hydrogen) atoms. The molecule has 2 aromatic heterocycles. The van der Waals surface area contributed by atoms with Crippen molar-refractivity contribution in [1.29, 1.82) is 0 Å². The first-order valence-electron chi connectivity index (χ1n) is 8.80. The van der Waals surface area contributed by atoms with E-state index in [9.17, 15) is 0 Å². The summed E-state index contributed by atoms with van der Waals surface area (Å²) in [5.74, 6) is 0.746. The van der Waals surface area contributed by atoms with Crippen LogP contribution in [0.15, 0.2) is 30.6 Å². The van der Waals surface area contributed by atoms with Gasteiger partial charge in [-0.3, -0.25) is 4.98 Å². The Morgan fingerprint density at radius 3 is 2.74 bits per heavy atom. The first-order chi connectivity index (χ1) is 13.1. The number of fused-ring (bicyclic) bond motifs is 1. The lowest BCUT2D eigenvalue weighted by Crippen LogP contribution is -2.19. The molecular formula is C19H18Cl2IN3O2. The largest absolute Gasteiger partial charge is 0.485 e. The van der Waals surface area contributed by atoms with Crippen LogP contribution < -0.4 is 4.74 Å². The number of hydrogen-bond acceptors (Lipinski definition) is 4. The highest BCUT2D eigenvalue weighted by molar-refractivity contribution is 14.1. The number of benzene rings is 1. The van der Waals surface area contributed by atoms with E-state index < -0.39 is 0 Å². The second-order valence-corrected chi connectivity index (χ2v) is 8.32. The summed E-state index contributed by atoms with van der Waals surface area (Å²) < 4.78 is 15.0. The average molecular weight is 518 g/mol. The van der Waals surface area contributed by atoms with Crippen LogP contribution in [-0.2, 0) is 4.74 Å². The molecule has 0 spiro atoms. The van der Waals surface area contributed by atoms with Gasteiger partial charge in [0.1, 0.15) is 15.6 Å². The minimum atomic E-state index is -0.330. The maximum atomic E-state index is 6.28. The first kappa shape index (κ1) is 19.2. The highest BCUT2D eigenvalue weighted by Crippen LogP contribution is 2.38. The van der Waals surface area contributed by atoms with Crippen LogP contribution in [0.25, 0.3) is 10.9 Å². The lowest BCUT2D eigenvalue weighted by Gasteiger charge is -2.23. The van der Waals surface area contributed by atoms with E-state index in [0.29, 0.717) is 10.0 Å². The fourth-order valence-electron chi connectivity index (χ4n) is 3.41. The molecule has 1 aliphatic heterocycles. The monoisotopic (exact) mass is 517 g/mol. The molecule has 0 amide bonds. The van der Waals surface area contributed by atoms with Crippen molar-refractivity contribution in [3.63, 3.8) is 0 Å². The molecule has 1 fully saturated rings. The van der Waals surface area contributed by atoms with Gasteiger partial charge in [-0.05, 0) is 60.9 Å². The van der Waals surface area contributed by atoms with Gasteiger partial charge in [0.25, 0.3) is 0 Å². The first-order valence-corrected chi connectivity index (χ1v) is 10.6. The maximum absolute atomic E-state index is 6.28. The molecule has 1 saturated heterocycles. The van der Waals surface area contributed by atoms with Crippen LogP contribution in [0, 0.1) is 3.70 Å². The van der Waals surface area contributed by atoms with Crippen molar-refractivity contribution in [3.05, 3.63) is 49.9 Å². The van der Waals surface area contributed by atoms with Crippen LogP contribution in [0.1, 0.15) is 44.1 Å². The maximum Gasteiger partial charge on any atom is 0.150 e. The Kier molecular flexibility index (Phi) is 5.78. The van der Waals surface area contributed by atoms with E-state index in [2.05, 4.69) is 27.6 Å². The summed E-state index contributed by atoms with van der Waals surface area (Å²) in [6.07, 6.45) is 6.01. The van der Waals surface area contributed by atoms with Crippen LogP contribution in [-0.4, -0.2) is 21.4 Å². The van der Waals surface area contributed by atoms with Gasteiger partial charge in [-0.1, -0.05) is 29.3 Å². The molecule has 2 atom stereocenters. The lowest BCUT2D eigenvalue weighted by molar-refractivity contribution is -0.0368. The minimum absolute atomic E-state index is 0.0264. The summed E-state index contributed by atoms with van der Waals surface area (Å²) in [7, 11) is 0. The van der Waals surface area contributed by atoms with Crippen molar-refractivity contribution in [2.24, 2.45) is 0 Å². The molecule has 1 aliphatic rings. The number of pyridine rings is 1. The predicted octanol–water partition coefficient (Wildman–Crippen LogP) is 6.18. The van der Waals surface area contributed by atoms with Gasteiger partial charge in [0.05, 0.1) is 20.9 Å². The molecule has 3 heterocycles. The van der Waals surface area contributed by atoms with Crippen molar-refractivity contribution in [2.75, 3.05) is 6.61 Å². The molecule has 0 N–H and O–H groups in total. The summed E-state index contributed by atoms with van der Waals surface area (Å²) in [4.78, 5) is 4.01. The van der Waals surface area contributed by atoms with Gasteiger partial charge in [-0.25, -0.2) is 4.68 Å². The Morgan fingerprint density at radius 1 is 1.26 bits per heavy atom. The van der Waals surface area contributed by atoms with Crippen LogP contribution >= 0.6 is 45.8 Å². The van der Waals surface area contributed by atoms with Crippen molar-refractivity contribution in [2.45, 2.75) is 38.5 Å². The fourth-order valence-corrected chi connectivity index (χ4v) is 4.86. The topological polar surface area (TPSA) is 49.2 Å². The molecule has 0 bridgehead atoms. The van der Waals surface area contributed by atoms with Crippen molar-refractivity contribution in [3.8, 4) is 5.75 Å². The third-order valence-electron chi connectivity index (χ3n) is 4.68. The Labute approximate surface area is 181 Å². The van der Waals surface area contributed by atoms with E-state index in [1.54, 1.807) is 12.4 Å². The molecular weight excluding hydrogens is 500 g/mol. The normalized spacial score (nSPS) is 18.6. The molecule has 142 valence electrons. The SMILES string of the molecule is C[C@@H](Oc1cccc2c1c(I)nn2C1CCCCO1)c1c(Cl)cncc1Cl. The Bertz CT molecular complexity index is 953. The molecule has 4 rings (SSSR count). The van der Waals surface area contributed by atoms with Crippen molar-refractivity contribution < 1.29 is 9.47 Å². The summed E-state index contributed by atoms with van der Waals surface area (Å²) >= 11 is 14.8. The number of aromatic nitrogens is 3. The molecule has 1 unspecified atom stereocenters. The third kappa shape index (κ3) is 3.77. The second-order valence-electron chi connectivity index (χ2n) is 6.48. The minimum Gasteiger partial charge on any atom is -0.485 e. The van der Waals surface area contributed by atoms with Crippen LogP contribution in [0.2, 0.25) is 10.0 Å². The summed E-state index contributed by atoms with van der Waals surface area (Å²) in [6, 6.07) is 5.96. The predicted molar refractivity (Wildman–Crippen MR) is 115 cm³/mol. The second kappa shape index (κ2) is 8.11. The Hall–Kier alpha value is -1.09. The zero-order chi connectivity index (χ0) is 19.0. The van der Waals surface area contributed by atoms with Gasteiger partial charge in [0.15, 0.2) is 6.23 Å². The van der Waals surface area contributed by atoms with Gasteiger partial charge < -0.3 is 9.47 Å². The number of nitrogens with zero attached hydrogens (tertiary/aromatic N) is 3. The van der Waals surface area contributed by atoms with E-state index >= 15 is 0 Å². The summed E-state index contributed by atoms with van der Waals surface area (Å²) in [5.41, 5.74) is 1.73. The van der Waals surface area contributed by atoms with E-state index in [-0.39, 0.29) is 12.3 Å². The van der Waals surface area contributed by atoms with Crippen molar-refractivity contribution >= 4 is 56.7 Å². The third-order valence-corrected chi connectivity index (χ3v) is 6.04. The van der Waals surface area contributed by atoms with E-state index in [0.717, 1.165) is 51.8 Å². The van der Waals surface area contributed by atoms with Crippen molar-refractivity contribution in [1.82, 2.24) is 14.8 Å². The quantitative estimate of drug-likeness (QED) is 0.387. The Balaban J connectivity index is 1.71. The number of hydrogen-bond donors (Lipinski definition) is 0. The number of ether oxygens (including phenoxy) is 2. The molecule has 0 aliphatic carbocycles. The van der Waals surface area contributed by atoms with Gasteiger partial charge >= 0.3 is 0 Å². The highest BCUT2D eigenvalue weighted by atomic mass is 127. The standard InChI is InChI=1S/C19H18Cl2IN3O2/c1-11(17-12(20)9-23-10-13(17)21)27-15-6-4-5-14-18(15)19(22)24-25(14)16-7-2-3-8-26-16/h4-6,9-11,16H,2-3,7-8H2,1H3/t11-,16?/m1/s1. The molecule has 0 radical (unpaired) electrons. The van der Waals surface area contributed by atoms with Crippen LogP contribution in [0.4, 0.5) is 0 Å². The van der Waals surface area contributed by atoms with Gasteiger partial charge in [-0.2, -0.15) is 5.10 Å². The fraction of sp³-hybridized carbons (Fsp3) is 0.368. The molecule has 5 nitrogen and oxygen atoms in total. The zero-order valence-electron chi connectivity index (χ0n) is 14.7. The molecule has 3 aromatic rings. The smallest absolute Gasteiger partial charge is 0.150 e. The lowest BCUT2D eigenvalue weighted by atomic mass is 10.1. The van der Waals surface area contributed by atoms with E-state index in [1.165, 1.54) is 0 Å². The zero-order valence-corrected chi connectivity index (χ0v) is 18.3. The van der Waals surface area contributed by atoms with Crippen LogP contribution in [0.3, 0.4) is 0 Å². The van der Waals surface area contributed by atoms with Gasteiger partial charge in [0.2, 0.25) is 0 Å². The molecule has 1 aromatic carbocycles. The molecule has 0 saturated carbocycles. The van der Waals surface area contributed by atoms with E-state index in [1.807, 2.05) is 29.8 Å². The summed E-state index contributed by atoms with van der Waals surface area (Å²) in [6.45, 7) is 2.70. The number of halogens is 3. The van der Waals surface area contributed by atoms with E-state index in [4.69, 9.17) is 37.8 Å². The van der Waals surface area contributed by atoms with Gasteiger partial charge in [-0.15, -0.1) is 0 Å². The average Bonchev–Trinajstić information content (AvgIpc) is 3.00. The summed E-state index contributed by atoms with van der Waals surface area (Å²) in [5, 5.41) is 6.68. The van der Waals surface area contributed by atoms with Crippen LogP contribution in [0.5, 0.6) is 5.75 Å². The number of rotatable bonds is 4. The van der Waals surface area contributed by atoms with Gasteiger partial charge in [0, 0.05) is 24.6 Å². The molecule has 8 heteroatoms. The highest BCUT2D eigenvalue weighted by Gasteiger charge is 2.23. The Morgan fingerprint density at radius 2 is 2.04 bits per heavy atom.